The Morgan fingerprint density at radius 1 is 1.32 bits per heavy atom. The zero-order valence-electron chi connectivity index (χ0n) is 11.6. The van der Waals surface area contributed by atoms with E-state index in [0.29, 0.717) is 24.7 Å². The van der Waals surface area contributed by atoms with E-state index in [1.54, 1.807) is 14.2 Å². The fourth-order valence-corrected chi connectivity index (χ4v) is 2.64. The molecule has 4 nitrogen and oxygen atoms in total. The van der Waals surface area contributed by atoms with Crippen LogP contribution in [0.4, 0.5) is 0 Å². The lowest BCUT2D eigenvalue weighted by Gasteiger charge is -2.45. The first kappa shape index (κ1) is 13.7. The molecule has 19 heavy (non-hydrogen) atoms. The average molecular weight is 261 g/mol. The first-order chi connectivity index (χ1) is 9.21. The van der Waals surface area contributed by atoms with Crippen LogP contribution in [-0.4, -0.2) is 27.4 Å². The maximum Gasteiger partial charge on any atom is 0.161 e. The highest BCUT2D eigenvalue weighted by Gasteiger charge is 2.47. The highest BCUT2D eigenvalue weighted by Crippen LogP contribution is 2.43. The van der Waals surface area contributed by atoms with Crippen LogP contribution in [0.3, 0.4) is 0 Å². The molecule has 102 valence electrons. The predicted octanol–water partition coefficient (Wildman–Crippen LogP) is 2.52. The van der Waals surface area contributed by atoms with Crippen LogP contribution in [0.1, 0.15) is 18.9 Å². The van der Waals surface area contributed by atoms with Gasteiger partial charge in [-0.15, -0.1) is 0 Å². The zero-order chi connectivity index (χ0) is 13.9. The van der Waals surface area contributed by atoms with E-state index < -0.39 is 0 Å². The third kappa shape index (κ3) is 2.15. The molecule has 1 aliphatic rings. The van der Waals surface area contributed by atoms with Gasteiger partial charge in [0, 0.05) is 0 Å². The van der Waals surface area contributed by atoms with Gasteiger partial charge in [-0.2, -0.15) is 5.26 Å². The van der Waals surface area contributed by atoms with E-state index in [2.05, 4.69) is 6.07 Å². The van der Waals surface area contributed by atoms with Crippen molar-refractivity contribution in [2.75, 3.05) is 27.4 Å². The molecule has 0 aromatic heterocycles. The lowest BCUT2D eigenvalue weighted by Crippen LogP contribution is -2.51. The molecule has 1 fully saturated rings. The Bertz CT molecular complexity index is 489. The van der Waals surface area contributed by atoms with Gasteiger partial charge in [0.1, 0.15) is 0 Å². The Balaban J connectivity index is 2.42. The molecule has 1 atom stereocenters. The summed E-state index contributed by atoms with van der Waals surface area (Å²) in [6, 6.07) is 8.26. The molecule has 1 heterocycles. The van der Waals surface area contributed by atoms with Gasteiger partial charge < -0.3 is 14.2 Å². The smallest absolute Gasteiger partial charge is 0.161 e. The van der Waals surface area contributed by atoms with Crippen LogP contribution in [0.15, 0.2) is 18.2 Å². The van der Waals surface area contributed by atoms with Crippen LogP contribution in [-0.2, 0) is 10.2 Å². The van der Waals surface area contributed by atoms with E-state index in [9.17, 15) is 5.26 Å². The molecule has 0 aliphatic carbocycles. The minimum Gasteiger partial charge on any atom is -0.493 e. The van der Waals surface area contributed by atoms with Gasteiger partial charge in [0.15, 0.2) is 11.5 Å². The standard InChI is InChI=1S/C15H19NO3/c1-4-11(8-16)15(9-19-10-15)12-5-6-13(17-2)14(7-12)18-3/h5-7,11H,4,9-10H2,1-3H3. The molecule has 4 heteroatoms. The molecule has 1 aliphatic heterocycles. The van der Waals surface area contributed by atoms with Crippen molar-refractivity contribution in [3.8, 4) is 17.6 Å². The topological polar surface area (TPSA) is 51.5 Å². The summed E-state index contributed by atoms with van der Waals surface area (Å²) in [5, 5.41) is 9.35. The van der Waals surface area contributed by atoms with Gasteiger partial charge in [-0.05, 0) is 24.1 Å². The molecule has 0 radical (unpaired) electrons. The van der Waals surface area contributed by atoms with Crippen LogP contribution in [0.5, 0.6) is 11.5 Å². The average Bonchev–Trinajstić information content (AvgIpc) is 2.41. The van der Waals surface area contributed by atoms with Gasteiger partial charge >= 0.3 is 0 Å². The van der Waals surface area contributed by atoms with Gasteiger partial charge in [0.25, 0.3) is 0 Å². The second kappa shape index (κ2) is 5.50. The number of rotatable bonds is 5. The molecular weight excluding hydrogens is 242 g/mol. The minimum absolute atomic E-state index is 0.0423. The third-order valence-electron chi connectivity index (χ3n) is 3.91. The largest absolute Gasteiger partial charge is 0.493 e. The van der Waals surface area contributed by atoms with Crippen molar-refractivity contribution in [3.05, 3.63) is 23.8 Å². The van der Waals surface area contributed by atoms with E-state index in [-0.39, 0.29) is 11.3 Å². The summed E-state index contributed by atoms with van der Waals surface area (Å²) in [4.78, 5) is 0. The first-order valence-electron chi connectivity index (χ1n) is 6.41. The lowest BCUT2D eigenvalue weighted by molar-refractivity contribution is -0.0805. The number of hydrogen-bond donors (Lipinski definition) is 0. The maximum atomic E-state index is 9.35. The Morgan fingerprint density at radius 2 is 2.00 bits per heavy atom. The molecule has 0 spiro atoms. The van der Waals surface area contributed by atoms with E-state index in [4.69, 9.17) is 14.2 Å². The predicted molar refractivity (Wildman–Crippen MR) is 71.4 cm³/mol. The highest BCUT2D eigenvalue weighted by atomic mass is 16.5. The number of nitrogens with zero attached hydrogens (tertiary/aromatic N) is 1. The fraction of sp³-hybridized carbons (Fsp3) is 0.533. The molecule has 1 saturated heterocycles. The summed E-state index contributed by atoms with van der Waals surface area (Å²) in [6.07, 6.45) is 0.814. The lowest BCUT2D eigenvalue weighted by atomic mass is 9.68. The first-order valence-corrected chi connectivity index (χ1v) is 6.41. The summed E-state index contributed by atoms with van der Waals surface area (Å²) in [6.45, 7) is 3.22. The Kier molecular flexibility index (Phi) is 3.96. The van der Waals surface area contributed by atoms with Gasteiger partial charge in [0.05, 0.1) is 44.8 Å². The van der Waals surface area contributed by atoms with E-state index in [1.165, 1.54) is 0 Å². The summed E-state index contributed by atoms with van der Waals surface area (Å²) in [5.74, 6) is 1.35. The van der Waals surface area contributed by atoms with Crippen LogP contribution in [0.2, 0.25) is 0 Å². The van der Waals surface area contributed by atoms with Gasteiger partial charge in [-0.3, -0.25) is 0 Å². The van der Waals surface area contributed by atoms with Crippen molar-refractivity contribution in [2.45, 2.75) is 18.8 Å². The second-order valence-electron chi connectivity index (χ2n) is 4.81. The number of ether oxygens (including phenoxy) is 3. The number of benzene rings is 1. The number of methoxy groups -OCH3 is 2. The van der Waals surface area contributed by atoms with Crippen molar-refractivity contribution in [1.82, 2.24) is 0 Å². The Labute approximate surface area is 113 Å². The minimum atomic E-state index is -0.205. The summed E-state index contributed by atoms with van der Waals surface area (Å²) in [7, 11) is 3.23. The Morgan fingerprint density at radius 3 is 2.42 bits per heavy atom. The van der Waals surface area contributed by atoms with Crippen LogP contribution in [0.25, 0.3) is 0 Å². The molecular formula is C15H19NO3. The van der Waals surface area contributed by atoms with Crippen LogP contribution < -0.4 is 9.47 Å². The fourth-order valence-electron chi connectivity index (χ4n) is 2.64. The van der Waals surface area contributed by atoms with Crippen molar-refractivity contribution < 1.29 is 14.2 Å². The summed E-state index contributed by atoms with van der Waals surface area (Å²) in [5.41, 5.74) is 0.882. The second-order valence-corrected chi connectivity index (χ2v) is 4.81. The van der Waals surface area contributed by atoms with Crippen molar-refractivity contribution >= 4 is 0 Å². The Hall–Kier alpha value is -1.73. The van der Waals surface area contributed by atoms with Crippen molar-refractivity contribution in [1.29, 1.82) is 5.26 Å². The zero-order valence-corrected chi connectivity index (χ0v) is 11.6. The molecule has 0 amide bonds. The number of nitriles is 1. The SMILES string of the molecule is CCC(C#N)C1(c2ccc(OC)c(OC)c2)COC1. The van der Waals surface area contributed by atoms with Gasteiger partial charge in [0.2, 0.25) is 0 Å². The van der Waals surface area contributed by atoms with Crippen LogP contribution in [0, 0.1) is 17.2 Å². The molecule has 0 bridgehead atoms. The number of hydrogen-bond acceptors (Lipinski definition) is 4. The van der Waals surface area contributed by atoms with E-state index >= 15 is 0 Å². The van der Waals surface area contributed by atoms with Crippen molar-refractivity contribution in [3.63, 3.8) is 0 Å². The maximum absolute atomic E-state index is 9.35. The normalized spacial score (nSPS) is 18.0. The molecule has 1 aromatic carbocycles. The quantitative estimate of drug-likeness (QED) is 0.817. The highest BCUT2D eigenvalue weighted by molar-refractivity contribution is 5.46. The monoisotopic (exact) mass is 261 g/mol. The molecule has 0 saturated carbocycles. The summed E-state index contributed by atoms with van der Waals surface area (Å²) >= 11 is 0. The van der Waals surface area contributed by atoms with E-state index in [1.807, 2.05) is 25.1 Å². The molecule has 1 unspecified atom stereocenters. The van der Waals surface area contributed by atoms with E-state index in [0.717, 1.165) is 12.0 Å². The molecule has 0 N–H and O–H groups in total. The van der Waals surface area contributed by atoms with Crippen LogP contribution >= 0.6 is 0 Å². The van der Waals surface area contributed by atoms with Crippen molar-refractivity contribution in [2.24, 2.45) is 5.92 Å². The summed E-state index contributed by atoms with van der Waals surface area (Å²) < 4.78 is 16.0. The third-order valence-corrected chi connectivity index (χ3v) is 3.91. The van der Waals surface area contributed by atoms with Gasteiger partial charge in [-0.1, -0.05) is 13.0 Å². The molecule has 2 rings (SSSR count). The van der Waals surface area contributed by atoms with Gasteiger partial charge in [-0.25, -0.2) is 0 Å². The molecule has 1 aromatic rings.